The molecule has 1 aromatic rings. The van der Waals surface area contributed by atoms with Crippen LogP contribution in [-0.2, 0) is 30.4 Å². The van der Waals surface area contributed by atoms with Gasteiger partial charge in [0, 0.05) is 19.4 Å². The molecule has 0 aliphatic carbocycles. The van der Waals surface area contributed by atoms with E-state index in [1.165, 1.54) is 6.92 Å². The number of esters is 2. The summed E-state index contributed by atoms with van der Waals surface area (Å²) in [5, 5.41) is 2.43. The third kappa shape index (κ3) is 7.95. The van der Waals surface area contributed by atoms with Crippen molar-refractivity contribution in [2.75, 3.05) is 13.2 Å². The molecule has 9 nitrogen and oxygen atoms in total. The fourth-order valence-electron chi connectivity index (χ4n) is 2.75. The van der Waals surface area contributed by atoms with E-state index in [9.17, 15) is 19.2 Å². The fourth-order valence-corrected chi connectivity index (χ4v) is 2.75. The molecule has 10 heteroatoms. The molecule has 3 N–H and O–H groups in total. The summed E-state index contributed by atoms with van der Waals surface area (Å²) in [5.41, 5.74) is 3.77. The second-order valence-corrected chi connectivity index (χ2v) is 6.18. The van der Waals surface area contributed by atoms with Crippen LogP contribution in [0.3, 0.4) is 0 Å². The molecular weight excluding hydrogens is 493 g/mol. The van der Waals surface area contributed by atoms with Crippen LogP contribution < -0.4 is 39.6 Å². The molecule has 0 aromatic carbocycles. The number of amides is 2. The fraction of sp³-hybridized carbons (Fsp3) is 0.526. The molecule has 162 valence electrons. The number of unbranched alkanes of at least 4 members (excludes halogenated alkanes) is 1. The van der Waals surface area contributed by atoms with Crippen molar-refractivity contribution in [3.63, 3.8) is 0 Å². The van der Waals surface area contributed by atoms with E-state index in [1.54, 1.807) is 42.9 Å². The number of primary amides is 1. The first-order valence-electron chi connectivity index (χ1n) is 9.19. The number of nitrogens with two attached hydrogens (primary N) is 1. The minimum Gasteiger partial charge on any atom is -1.00 e. The zero-order valence-corrected chi connectivity index (χ0v) is 19.1. The maximum Gasteiger partial charge on any atom is 0.343 e. The molecule has 0 saturated heterocycles. The predicted octanol–water partition coefficient (Wildman–Crippen LogP) is -2.75. The first-order chi connectivity index (χ1) is 13.3. The summed E-state index contributed by atoms with van der Waals surface area (Å²) in [7, 11) is 0. The molecule has 1 aromatic heterocycles. The van der Waals surface area contributed by atoms with E-state index in [4.69, 9.17) is 15.2 Å². The first-order valence-corrected chi connectivity index (χ1v) is 9.19. The SMILES string of the molecule is CCOC(=O)C(CCCC[n+]1cccc(C(N)=O)c1)(NC(C)=O)C(=O)OCC.[I-]. The van der Waals surface area contributed by atoms with Crippen molar-refractivity contribution in [1.82, 2.24) is 5.32 Å². The first kappa shape index (κ1) is 26.8. The molecule has 0 atom stereocenters. The van der Waals surface area contributed by atoms with Crippen LogP contribution >= 0.6 is 0 Å². The number of hydrogen-bond acceptors (Lipinski definition) is 6. The Kier molecular flexibility index (Phi) is 12.1. The van der Waals surface area contributed by atoms with Crippen LogP contribution in [0.5, 0.6) is 0 Å². The molecule has 0 spiro atoms. The van der Waals surface area contributed by atoms with Crippen LogP contribution in [0.1, 0.15) is 50.4 Å². The van der Waals surface area contributed by atoms with Crippen LogP contribution in [0.15, 0.2) is 24.5 Å². The Morgan fingerprint density at radius 2 is 1.69 bits per heavy atom. The number of aromatic nitrogens is 1. The van der Waals surface area contributed by atoms with Crippen molar-refractivity contribution in [2.24, 2.45) is 5.73 Å². The van der Waals surface area contributed by atoms with E-state index in [0.29, 0.717) is 24.9 Å². The maximum absolute atomic E-state index is 12.5. The van der Waals surface area contributed by atoms with Gasteiger partial charge in [0.15, 0.2) is 12.4 Å². The molecule has 0 radical (unpaired) electrons. The molecule has 0 aliphatic heterocycles. The number of carbonyl (C=O) groups is 4. The normalized spacial score (nSPS) is 10.4. The highest BCUT2D eigenvalue weighted by Crippen LogP contribution is 2.20. The van der Waals surface area contributed by atoms with Crippen molar-refractivity contribution in [3.8, 4) is 0 Å². The van der Waals surface area contributed by atoms with Gasteiger partial charge in [-0.1, -0.05) is 0 Å². The smallest absolute Gasteiger partial charge is 0.343 e. The van der Waals surface area contributed by atoms with Gasteiger partial charge in [-0.25, -0.2) is 14.2 Å². The number of halogens is 1. The van der Waals surface area contributed by atoms with Crippen molar-refractivity contribution < 1.29 is 57.2 Å². The summed E-state index contributed by atoms with van der Waals surface area (Å²) in [6, 6.07) is 3.32. The van der Waals surface area contributed by atoms with Crippen molar-refractivity contribution in [2.45, 2.75) is 52.1 Å². The van der Waals surface area contributed by atoms with Crippen LogP contribution in [0.4, 0.5) is 0 Å². The Hall–Kier alpha value is -2.24. The number of aryl methyl sites for hydroxylation is 1. The molecule has 0 bridgehead atoms. The third-order valence-electron chi connectivity index (χ3n) is 4.00. The molecule has 29 heavy (non-hydrogen) atoms. The predicted molar refractivity (Wildman–Crippen MR) is 98.8 cm³/mol. The number of pyridine rings is 1. The van der Waals surface area contributed by atoms with Crippen LogP contribution in [0.25, 0.3) is 0 Å². The Bertz CT molecular complexity index is 708. The third-order valence-corrected chi connectivity index (χ3v) is 4.00. The molecular formula is C19H28IN3O6. The van der Waals surface area contributed by atoms with E-state index in [2.05, 4.69) is 5.32 Å². The lowest BCUT2D eigenvalue weighted by molar-refractivity contribution is -0.697. The number of ether oxygens (including phenoxy) is 2. The van der Waals surface area contributed by atoms with E-state index in [0.717, 1.165) is 0 Å². The molecule has 0 aliphatic rings. The molecule has 1 heterocycles. The van der Waals surface area contributed by atoms with E-state index in [-0.39, 0.29) is 43.6 Å². The van der Waals surface area contributed by atoms with Gasteiger partial charge >= 0.3 is 11.9 Å². The average Bonchev–Trinajstić information content (AvgIpc) is 2.64. The van der Waals surface area contributed by atoms with Crippen LogP contribution in [0, 0.1) is 0 Å². The summed E-state index contributed by atoms with van der Waals surface area (Å²) >= 11 is 0. The Labute approximate surface area is 187 Å². The van der Waals surface area contributed by atoms with Gasteiger partial charge in [0.05, 0.1) is 13.2 Å². The minimum absolute atomic E-state index is 0. The largest absolute Gasteiger partial charge is 1.00 e. The Balaban J connectivity index is 0.00000784. The van der Waals surface area contributed by atoms with Gasteiger partial charge in [-0.05, 0) is 32.8 Å². The number of carbonyl (C=O) groups excluding carboxylic acids is 4. The van der Waals surface area contributed by atoms with Gasteiger partial charge in [0.25, 0.3) is 5.91 Å². The maximum atomic E-state index is 12.5. The highest BCUT2D eigenvalue weighted by atomic mass is 127. The Morgan fingerprint density at radius 1 is 1.10 bits per heavy atom. The molecule has 2 amide bonds. The summed E-state index contributed by atoms with van der Waals surface area (Å²) in [4.78, 5) is 47.9. The zero-order valence-electron chi connectivity index (χ0n) is 16.9. The highest BCUT2D eigenvalue weighted by molar-refractivity contribution is 6.07. The van der Waals surface area contributed by atoms with Crippen molar-refractivity contribution >= 4 is 23.8 Å². The van der Waals surface area contributed by atoms with E-state index in [1.807, 2.05) is 0 Å². The van der Waals surface area contributed by atoms with Gasteiger partial charge in [-0.3, -0.25) is 9.59 Å². The summed E-state index contributed by atoms with van der Waals surface area (Å²) in [6.45, 7) is 5.11. The second kappa shape index (κ2) is 13.1. The lowest BCUT2D eigenvalue weighted by Gasteiger charge is -2.29. The zero-order chi connectivity index (χ0) is 21.2. The lowest BCUT2D eigenvalue weighted by atomic mass is 9.92. The summed E-state index contributed by atoms with van der Waals surface area (Å²) in [5.74, 6) is -2.74. The van der Waals surface area contributed by atoms with Gasteiger partial charge in [0.2, 0.25) is 11.4 Å². The molecule has 0 fully saturated rings. The monoisotopic (exact) mass is 521 g/mol. The number of nitrogens with one attached hydrogen (secondary N) is 1. The van der Waals surface area contributed by atoms with Crippen molar-refractivity contribution in [1.29, 1.82) is 0 Å². The van der Waals surface area contributed by atoms with Gasteiger partial charge in [-0.15, -0.1) is 0 Å². The van der Waals surface area contributed by atoms with Gasteiger partial charge < -0.3 is 44.5 Å². The topological polar surface area (TPSA) is 129 Å². The van der Waals surface area contributed by atoms with Gasteiger partial charge in [-0.2, -0.15) is 0 Å². The summed E-state index contributed by atoms with van der Waals surface area (Å²) < 4.78 is 11.8. The average molecular weight is 521 g/mol. The van der Waals surface area contributed by atoms with Crippen LogP contribution in [-0.4, -0.2) is 42.5 Å². The molecule has 1 rings (SSSR count). The van der Waals surface area contributed by atoms with Crippen molar-refractivity contribution in [3.05, 3.63) is 30.1 Å². The number of hydrogen-bond donors (Lipinski definition) is 2. The second-order valence-electron chi connectivity index (χ2n) is 6.18. The van der Waals surface area contributed by atoms with Gasteiger partial charge in [0.1, 0.15) is 12.1 Å². The Morgan fingerprint density at radius 3 is 2.17 bits per heavy atom. The summed E-state index contributed by atoms with van der Waals surface area (Å²) in [6.07, 6.45) is 4.43. The standard InChI is InChI=1S/C19H27N3O6.HI/c1-4-27-17(25)19(21-14(3)23,18(26)28-5-2)10-6-7-11-22-12-8-9-15(13-22)16(20)24;/h8-9,12-13H,4-7,10-11H2,1-3H3,(H2-,20,21,23,24);1H. The molecule has 0 unspecified atom stereocenters. The number of nitrogens with zero attached hydrogens (tertiary/aromatic N) is 1. The highest BCUT2D eigenvalue weighted by Gasteiger charge is 2.49. The van der Waals surface area contributed by atoms with E-state index >= 15 is 0 Å². The lowest BCUT2D eigenvalue weighted by Crippen LogP contribution is -3.00. The minimum atomic E-state index is -1.88. The number of rotatable bonds is 11. The van der Waals surface area contributed by atoms with E-state index < -0.39 is 29.3 Å². The quantitative estimate of drug-likeness (QED) is 0.107. The molecule has 0 saturated carbocycles. The van der Waals surface area contributed by atoms with Crippen LogP contribution in [0.2, 0.25) is 0 Å².